The first kappa shape index (κ1) is 32.6. The van der Waals surface area contributed by atoms with Crippen LogP contribution in [0.3, 0.4) is 0 Å². The van der Waals surface area contributed by atoms with Gasteiger partial charge in [0.25, 0.3) is 0 Å². The second-order valence-electron chi connectivity index (χ2n) is 9.62. The Hall–Kier alpha value is -0.570. The highest BCUT2D eigenvalue weighted by molar-refractivity contribution is 5.60. The molecule has 0 spiro atoms. The fourth-order valence-corrected chi connectivity index (χ4v) is 4.49. The number of carboxylic acids is 1. The van der Waals surface area contributed by atoms with Crippen molar-refractivity contribution in [3.8, 4) is 0 Å². The molecule has 0 aliphatic heterocycles. The summed E-state index contributed by atoms with van der Waals surface area (Å²) >= 11 is 0. The summed E-state index contributed by atoms with van der Waals surface area (Å²) in [7, 11) is 0. The minimum absolute atomic E-state index is 0.972. The average molecular weight is 442 g/mol. The van der Waals surface area contributed by atoms with Gasteiger partial charge in [-0.2, -0.15) is 0 Å². The first-order valence-electron chi connectivity index (χ1n) is 14.0. The average Bonchev–Trinajstić information content (AvgIpc) is 2.74. The number of rotatable bonds is 22. The van der Waals surface area contributed by atoms with Crippen molar-refractivity contribution in [2.24, 2.45) is 0 Å². The molecule has 0 bridgehead atoms. The van der Waals surface area contributed by atoms with E-state index < -0.39 is 5.97 Å². The largest absolute Gasteiger partial charge is 0.550 e. The van der Waals surface area contributed by atoms with Gasteiger partial charge in [0.2, 0.25) is 0 Å². The van der Waals surface area contributed by atoms with Gasteiger partial charge >= 0.3 is 0 Å². The number of carboxylic acid groups (broad SMARTS) is 1. The van der Waals surface area contributed by atoms with E-state index in [1.165, 1.54) is 146 Å². The summed E-state index contributed by atoms with van der Waals surface area (Å²) in [6, 6.07) is 0. The molecule has 0 amide bonds. The molecule has 0 rings (SSSR count). The van der Waals surface area contributed by atoms with Crippen LogP contribution in [0.5, 0.6) is 0 Å². The van der Waals surface area contributed by atoms with Crippen molar-refractivity contribution in [3.05, 3.63) is 0 Å². The van der Waals surface area contributed by atoms with Crippen LogP contribution in [0.15, 0.2) is 0 Å². The monoisotopic (exact) mass is 441 g/mol. The van der Waals surface area contributed by atoms with Crippen molar-refractivity contribution in [1.29, 1.82) is 0 Å². The minimum atomic E-state index is -1.08. The van der Waals surface area contributed by atoms with Crippen LogP contribution in [0.4, 0.5) is 0 Å². The Bertz CT molecular complexity index is 312. The van der Waals surface area contributed by atoms with Crippen LogP contribution in [-0.2, 0) is 4.79 Å². The Morgan fingerprint density at radius 2 is 0.742 bits per heavy atom. The summed E-state index contributed by atoms with van der Waals surface area (Å²) in [6.45, 7) is 16.1. The van der Waals surface area contributed by atoms with Gasteiger partial charge < -0.3 is 14.4 Å². The quantitative estimate of drug-likeness (QED) is 0.128. The maximum atomic E-state index is 8.89. The highest BCUT2D eigenvalue weighted by atomic mass is 16.4. The molecule has 0 saturated carbocycles. The fraction of sp³-hybridized carbons (Fsp3) is 0.964. The van der Waals surface area contributed by atoms with Gasteiger partial charge in [0.15, 0.2) is 0 Å². The number of quaternary nitrogens is 1. The number of aliphatic carboxylic acids is 1. The van der Waals surface area contributed by atoms with Crippen LogP contribution in [-0.4, -0.2) is 36.6 Å². The molecule has 3 nitrogen and oxygen atoms in total. The third kappa shape index (κ3) is 25.6. The molecule has 188 valence electrons. The van der Waals surface area contributed by atoms with E-state index in [1.807, 2.05) is 0 Å². The zero-order valence-electron chi connectivity index (χ0n) is 22.3. The maximum absolute atomic E-state index is 8.89. The Morgan fingerprint density at radius 1 is 0.516 bits per heavy atom. The van der Waals surface area contributed by atoms with Crippen molar-refractivity contribution in [1.82, 2.24) is 0 Å². The normalized spacial score (nSPS) is 11.3. The molecule has 0 aromatic heterocycles. The lowest BCUT2D eigenvalue weighted by Gasteiger charge is -2.38. The van der Waals surface area contributed by atoms with Gasteiger partial charge in [-0.05, 0) is 52.4 Å². The molecule has 3 heteroatoms. The Balaban J connectivity index is 0. The highest BCUT2D eigenvalue weighted by Crippen LogP contribution is 2.18. The van der Waals surface area contributed by atoms with Crippen molar-refractivity contribution in [3.63, 3.8) is 0 Å². The first-order chi connectivity index (χ1) is 15.0. The van der Waals surface area contributed by atoms with Crippen LogP contribution in [0.25, 0.3) is 0 Å². The zero-order chi connectivity index (χ0) is 23.6. The van der Waals surface area contributed by atoms with E-state index in [-0.39, 0.29) is 0 Å². The summed E-state index contributed by atoms with van der Waals surface area (Å²) in [4.78, 5) is 8.89. The topological polar surface area (TPSA) is 40.1 Å². The number of hydrogen-bond acceptors (Lipinski definition) is 2. The summed E-state index contributed by atoms with van der Waals surface area (Å²) in [5, 5.41) is 8.89. The number of hydrogen-bond donors (Lipinski definition) is 0. The van der Waals surface area contributed by atoms with Crippen LogP contribution in [0.1, 0.15) is 150 Å². The zero-order valence-corrected chi connectivity index (χ0v) is 22.3. The van der Waals surface area contributed by atoms with E-state index in [9.17, 15) is 0 Å². The maximum Gasteiger partial charge on any atom is 0.0786 e. The minimum Gasteiger partial charge on any atom is -0.550 e. The molecule has 0 aromatic rings. The van der Waals surface area contributed by atoms with Crippen molar-refractivity contribution in [2.75, 3.05) is 26.2 Å². The summed E-state index contributed by atoms with van der Waals surface area (Å²) < 4.78 is 1.43. The molecular weight excluding hydrogens is 382 g/mol. The molecular formula is C28H59NO2. The van der Waals surface area contributed by atoms with Crippen molar-refractivity contribution in [2.45, 2.75) is 150 Å². The Morgan fingerprint density at radius 3 is 0.968 bits per heavy atom. The molecule has 0 aliphatic rings. The summed E-state index contributed by atoms with van der Waals surface area (Å²) in [5.41, 5.74) is 0. The van der Waals surface area contributed by atoms with E-state index in [0.29, 0.717) is 0 Å². The highest BCUT2D eigenvalue weighted by Gasteiger charge is 2.23. The second-order valence-corrected chi connectivity index (χ2v) is 9.62. The third-order valence-corrected chi connectivity index (χ3v) is 6.63. The van der Waals surface area contributed by atoms with Crippen LogP contribution in [0.2, 0.25) is 0 Å². The molecule has 31 heavy (non-hydrogen) atoms. The van der Waals surface area contributed by atoms with Gasteiger partial charge in [-0.25, -0.2) is 0 Å². The van der Waals surface area contributed by atoms with E-state index in [2.05, 4.69) is 27.7 Å². The van der Waals surface area contributed by atoms with Gasteiger partial charge in [0.05, 0.1) is 26.2 Å². The number of nitrogens with zero attached hydrogens (tertiary/aromatic N) is 1. The number of unbranched alkanes of at least 4 members (excludes halogenated alkanes) is 15. The van der Waals surface area contributed by atoms with Gasteiger partial charge in [0, 0.05) is 5.97 Å². The molecule has 0 atom stereocenters. The summed E-state index contributed by atoms with van der Waals surface area (Å²) in [5.74, 6) is -1.08. The molecule has 0 radical (unpaired) electrons. The SMILES string of the molecule is CC(=O)[O-].CCCCCCCC[N+](CC)(CCCCCCCC)CCCCCCCC. The van der Waals surface area contributed by atoms with Gasteiger partial charge in [-0.1, -0.05) is 97.8 Å². The predicted molar refractivity (Wildman–Crippen MR) is 136 cm³/mol. The smallest absolute Gasteiger partial charge is 0.0786 e. The standard InChI is InChI=1S/C26H56N.C2H4O2/c1-5-9-12-15-18-21-24-27(8-4,25-22-19-16-13-10-6-2)26-23-20-17-14-11-7-3;1-2(3)4/h5-26H2,1-4H3;1H3,(H,3,4)/q+1;/p-1. The lowest BCUT2D eigenvalue weighted by atomic mass is 10.1. The van der Waals surface area contributed by atoms with Gasteiger partial charge in [-0.3, -0.25) is 0 Å². The van der Waals surface area contributed by atoms with E-state index in [4.69, 9.17) is 9.90 Å². The number of carbonyl (C=O) groups is 1. The summed E-state index contributed by atoms with van der Waals surface area (Å²) in [6.07, 6.45) is 25.9. The molecule has 0 heterocycles. The third-order valence-electron chi connectivity index (χ3n) is 6.63. The van der Waals surface area contributed by atoms with Crippen LogP contribution < -0.4 is 5.11 Å². The molecule has 0 unspecified atom stereocenters. The van der Waals surface area contributed by atoms with Gasteiger partial charge in [0.1, 0.15) is 0 Å². The fourth-order valence-electron chi connectivity index (χ4n) is 4.49. The Kier molecular flexibility index (Phi) is 27.0. The van der Waals surface area contributed by atoms with E-state index in [0.717, 1.165) is 6.92 Å². The lowest BCUT2D eigenvalue weighted by Crippen LogP contribution is -2.50. The van der Waals surface area contributed by atoms with E-state index in [1.54, 1.807) is 0 Å². The van der Waals surface area contributed by atoms with Crippen LogP contribution in [0, 0.1) is 0 Å². The van der Waals surface area contributed by atoms with Crippen molar-refractivity contribution < 1.29 is 14.4 Å². The molecule has 0 aromatic carbocycles. The predicted octanol–water partition coefficient (Wildman–Crippen LogP) is 7.66. The molecule has 0 saturated heterocycles. The van der Waals surface area contributed by atoms with Crippen LogP contribution >= 0.6 is 0 Å². The van der Waals surface area contributed by atoms with Gasteiger partial charge in [-0.15, -0.1) is 0 Å². The molecule has 0 fully saturated rings. The second kappa shape index (κ2) is 25.7. The molecule has 0 aliphatic carbocycles. The number of carbonyl (C=O) groups excluding carboxylic acids is 1. The Labute approximate surface area is 197 Å². The first-order valence-corrected chi connectivity index (χ1v) is 14.0. The lowest BCUT2D eigenvalue weighted by molar-refractivity contribution is -0.927. The van der Waals surface area contributed by atoms with Crippen molar-refractivity contribution >= 4 is 5.97 Å². The van der Waals surface area contributed by atoms with E-state index >= 15 is 0 Å². The molecule has 0 N–H and O–H groups in total.